The molecule has 1 aliphatic heterocycles. The predicted octanol–water partition coefficient (Wildman–Crippen LogP) is 3.82. The van der Waals surface area contributed by atoms with Gasteiger partial charge in [-0.05, 0) is 31.0 Å². The molecule has 1 fully saturated rings. The molecule has 7 nitrogen and oxygen atoms in total. The third-order valence-corrected chi connectivity index (χ3v) is 5.76. The number of carbonyl (C=O) groups is 1. The van der Waals surface area contributed by atoms with E-state index in [0.717, 1.165) is 21.7 Å². The number of carbonyl (C=O) groups excluding carboxylic acids is 1. The number of nitrogens with one attached hydrogen (secondary N) is 1. The minimum Gasteiger partial charge on any atom is -0.376 e. The molecule has 2 N–H and O–H groups in total. The molecule has 3 aromatic rings. The van der Waals surface area contributed by atoms with Crippen LogP contribution in [-0.2, 0) is 4.79 Å². The highest BCUT2D eigenvalue weighted by atomic mass is 35.5. The summed E-state index contributed by atoms with van der Waals surface area (Å²) in [7, 11) is 0. The molecule has 1 aliphatic rings. The van der Waals surface area contributed by atoms with Crippen LogP contribution in [0.3, 0.4) is 0 Å². The molecule has 168 valence electrons. The number of benzene rings is 1. The van der Waals surface area contributed by atoms with Gasteiger partial charge in [0.1, 0.15) is 12.0 Å². The number of aliphatic hydroxyl groups excluding tert-OH is 1. The van der Waals surface area contributed by atoms with Crippen LogP contribution in [0.5, 0.6) is 0 Å². The molecule has 1 amide bonds. The van der Waals surface area contributed by atoms with Crippen LogP contribution in [0.4, 0.5) is 13.2 Å². The van der Waals surface area contributed by atoms with Crippen molar-refractivity contribution < 1.29 is 23.1 Å². The summed E-state index contributed by atoms with van der Waals surface area (Å²) in [5.41, 5.74) is 3.71. The summed E-state index contributed by atoms with van der Waals surface area (Å²) in [5.74, 6) is -1.40. The van der Waals surface area contributed by atoms with Gasteiger partial charge >= 0.3 is 6.18 Å². The van der Waals surface area contributed by atoms with Crippen molar-refractivity contribution in [3.63, 3.8) is 0 Å². The number of hydrogen-bond acceptors (Lipinski definition) is 5. The first kappa shape index (κ1) is 22.2. The lowest BCUT2D eigenvalue weighted by Gasteiger charge is -2.33. The third-order valence-electron chi connectivity index (χ3n) is 5.51. The first-order chi connectivity index (χ1) is 15.3. The minimum atomic E-state index is -4.98. The van der Waals surface area contributed by atoms with Crippen molar-refractivity contribution in [1.29, 1.82) is 0 Å². The van der Waals surface area contributed by atoms with Crippen LogP contribution in [0.15, 0.2) is 42.9 Å². The Hall–Kier alpha value is -2.98. The van der Waals surface area contributed by atoms with E-state index < -0.39 is 18.2 Å². The normalized spacial score (nSPS) is 16.2. The Morgan fingerprint density at radius 1 is 1.19 bits per heavy atom. The van der Waals surface area contributed by atoms with Gasteiger partial charge in [-0.1, -0.05) is 23.7 Å². The average Bonchev–Trinajstić information content (AvgIpc) is 3.24. The summed E-state index contributed by atoms with van der Waals surface area (Å²) in [5, 5.41) is 17.4. The highest BCUT2D eigenvalue weighted by Crippen LogP contribution is 2.39. The van der Waals surface area contributed by atoms with Gasteiger partial charge in [-0.2, -0.15) is 18.3 Å². The summed E-state index contributed by atoms with van der Waals surface area (Å²) in [6, 6.07) is 8.95. The number of piperidine rings is 1. The van der Waals surface area contributed by atoms with E-state index in [9.17, 15) is 23.1 Å². The fourth-order valence-corrected chi connectivity index (χ4v) is 3.99. The largest absolute Gasteiger partial charge is 0.423 e. The van der Waals surface area contributed by atoms with Crippen molar-refractivity contribution in [2.24, 2.45) is 0 Å². The Bertz CT molecular complexity index is 1080. The second-order valence-corrected chi connectivity index (χ2v) is 7.94. The number of amides is 1. The molecular formula is C21H19ClF3N5O2. The van der Waals surface area contributed by atoms with Crippen LogP contribution in [0.25, 0.3) is 22.5 Å². The first-order valence-corrected chi connectivity index (χ1v) is 10.3. The lowest BCUT2D eigenvalue weighted by Crippen LogP contribution is -2.49. The molecular weight excluding hydrogens is 447 g/mol. The number of aliphatic hydroxyl groups is 1. The van der Waals surface area contributed by atoms with E-state index in [2.05, 4.69) is 20.2 Å². The van der Waals surface area contributed by atoms with E-state index in [0.29, 0.717) is 29.3 Å². The second kappa shape index (κ2) is 8.87. The Morgan fingerprint density at radius 3 is 2.47 bits per heavy atom. The number of aromatic nitrogens is 4. The van der Waals surface area contributed by atoms with Gasteiger partial charge in [0.15, 0.2) is 0 Å². The quantitative estimate of drug-likeness (QED) is 0.611. The van der Waals surface area contributed by atoms with Gasteiger partial charge in [0.2, 0.25) is 6.10 Å². The fraction of sp³-hybridized carbons (Fsp3) is 0.333. The number of H-pyrrole nitrogens is 1. The topological polar surface area (TPSA) is 95.0 Å². The van der Waals surface area contributed by atoms with Crippen LogP contribution >= 0.6 is 11.6 Å². The molecule has 11 heteroatoms. The van der Waals surface area contributed by atoms with Gasteiger partial charge in [0, 0.05) is 47.0 Å². The summed E-state index contributed by atoms with van der Waals surface area (Å²) < 4.78 is 38.1. The second-order valence-electron chi connectivity index (χ2n) is 7.51. The molecule has 0 aliphatic carbocycles. The monoisotopic (exact) mass is 465 g/mol. The van der Waals surface area contributed by atoms with Crippen molar-refractivity contribution in [3.05, 3.63) is 53.6 Å². The van der Waals surface area contributed by atoms with Crippen LogP contribution in [0.1, 0.15) is 24.5 Å². The lowest BCUT2D eigenvalue weighted by atomic mass is 9.88. The molecule has 3 heterocycles. The molecule has 0 spiro atoms. The molecule has 1 atom stereocenters. The van der Waals surface area contributed by atoms with Crippen molar-refractivity contribution in [3.8, 4) is 22.5 Å². The summed E-state index contributed by atoms with van der Waals surface area (Å²) in [4.78, 5) is 21.4. The number of alkyl halides is 3. The van der Waals surface area contributed by atoms with E-state index >= 15 is 0 Å². The maximum Gasteiger partial charge on any atom is 0.423 e. The van der Waals surface area contributed by atoms with Crippen molar-refractivity contribution in [1.82, 2.24) is 25.1 Å². The Kier molecular flexibility index (Phi) is 6.16. The molecule has 0 radical (unpaired) electrons. The molecule has 0 bridgehead atoms. The smallest absolute Gasteiger partial charge is 0.376 e. The van der Waals surface area contributed by atoms with Gasteiger partial charge in [0.05, 0.1) is 5.69 Å². The number of nitrogens with zero attached hydrogens (tertiary/aromatic N) is 4. The molecule has 0 saturated carbocycles. The Balaban J connectivity index is 1.61. The molecule has 32 heavy (non-hydrogen) atoms. The summed E-state index contributed by atoms with van der Waals surface area (Å²) in [6.07, 6.45) is -4.11. The summed E-state index contributed by atoms with van der Waals surface area (Å²) >= 11 is 6.00. The number of aromatic amines is 1. The molecule has 1 unspecified atom stereocenters. The van der Waals surface area contributed by atoms with Gasteiger partial charge in [0.25, 0.3) is 5.91 Å². The van der Waals surface area contributed by atoms with Crippen molar-refractivity contribution in [2.75, 3.05) is 13.1 Å². The molecule has 2 aromatic heterocycles. The molecule has 1 saturated heterocycles. The Labute approximate surface area is 186 Å². The number of halogens is 4. The highest BCUT2D eigenvalue weighted by Gasteiger charge is 2.46. The van der Waals surface area contributed by atoms with Gasteiger partial charge in [-0.15, -0.1) is 0 Å². The maximum atomic E-state index is 12.7. The lowest BCUT2D eigenvalue weighted by molar-refractivity contribution is -0.211. The Morgan fingerprint density at radius 2 is 1.88 bits per heavy atom. The van der Waals surface area contributed by atoms with E-state index in [4.69, 9.17) is 11.6 Å². The number of rotatable bonds is 4. The highest BCUT2D eigenvalue weighted by molar-refractivity contribution is 6.30. The predicted molar refractivity (Wildman–Crippen MR) is 111 cm³/mol. The van der Waals surface area contributed by atoms with Gasteiger partial charge in [-0.25, -0.2) is 9.97 Å². The van der Waals surface area contributed by atoms with Gasteiger partial charge < -0.3 is 10.0 Å². The van der Waals surface area contributed by atoms with E-state index in [1.54, 1.807) is 24.4 Å². The zero-order valence-corrected chi connectivity index (χ0v) is 17.4. The third kappa shape index (κ3) is 4.46. The minimum absolute atomic E-state index is 0.0828. The van der Waals surface area contributed by atoms with Crippen LogP contribution in [0, 0.1) is 0 Å². The molecule has 1 aromatic carbocycles. The standard InChI is InChI=1S/C21H19ClF3N5O2/c22-14-3-1-12(2-4-14)17-16(15-5-8-26-11-27-15)18(29-28-17)13-6-9-30(10-7-13)20(32)19(31)21(23,24)25/h1-5,8,11,13,19,31H,6-7,9-10H2,(H,28,29). The summed E-state index contributed by atoms with van der Waals surface area (Å²) in [6.45, 7) is 0.185. The zero-order chi connectivity index (χ0) is 22.9. The SMILES string of the molecule is O=C(C(O)C(F)(F)F)N1CCC(c2[nH]nc(-c3ccc(Cl)cc3)c2-c2ccncn2)CC1. The van der Waals surface area contributed by atoms with E-state index in [1.165, 1.54) is 6.33 Å². The number of hydrogen-bond donors (Lipinski definition) is 2. The zero-order valence-electron chi connectivity index (χ0n) is 16.7. The van der Waals surface area contributed by atoms with Crippen molar-refractivity contribution in [2.45, 2.75) is 31.0 Å². The molecule has 4 rings (SSSR count). The maximum absolute atomic E-state index is 12.7. The number of likely N-dealkylation sites (tertiary alicyclic amines) is 1. The van der Waals surface area contributed by atoms with Crippen LogP contribution in [-0.4, -0.2) is 61.4 Å². The van der Waals surface area contributed by atoms with E-state index in [1.807, 2.05) is 12.1 Å². The van der Waals surface area contributed by atoms with Crippen LogP contribution in [0.2, 0.25) is 5.02 Å². The van der Waals surface area contributed by atoms with Crippen molar-refractivity contribution >= 4 is 17.5 Å². The first-order valence-electron chi connectivity index (χ1n) is 9.90. The fourth-order valence-electron chi connectivity index (χ4n) is 3.87. The van der Waals surface area contributed by atoms with Gasteiger partial charge in [-0.3, -0.25) is 9.89 Å². The van der Waals surface area contributed by atoms with E-state index in [-0.39, 0.29) is 19.0 Å². The van der Waals surface area contributed by atoms with Crippen LogP contribution < -0.4 is 0 Å². The average molecular weight is 466 g/mol.